The highest BCUT2D eigenvalue weighted by atomic mass is 19.1. The molecule has 178 valence electrons. The summed E-state index contributed by atoms with van der Waals surface area (Å²) in [5, 5.41) is 3.19. The number of ether oxygens (including phenoxy) is 3. The SMILES string of the molecule is COC(=O)[C@@H]1C(=O)C2=C(C[C@H]1C)NC(C)=C(C(=O)OCCOC(C)C)[C@@H]2c1ccc(F)cc1. The number of nitrogens with one attached hydrogen (secondary N) is 1. The molecule has 1 N–H and O–H groups in total. The smallest absolute Gasteiger partial charge is 0.336 e. The molecule has 7 nitrogen and oxygen atoms in total. The molecule has 0 fully saturated rings. The number of carbonyl (C=O) groups is 3. The highest BCUT2D eigenvalue weighted by Crippen LogP contribution is 2.45. The Balaban J connectivity index is 2.02. The van der Waals surface area contributed by atoms with Crippen LogP contribution in [0.25, 0.3) is 0 Å². The van der Waals surface area contributed by atoms with Crippen LogP contribution in [0.15, 0.2) is 46.8 Å². The van der Waals surface area contributed by atoms with Crippen molar-refractivity contribution < 1.29 is 33.0 Å². The van der Waals surface area contributed by atoms with Gasteiger partial charge < -0.3 is 19.5 Å². The lowest BCUT2D eigenvalue weighted by Crippen LogP contribution is -2.43. The number of esters is 2. The van der Waals surface area contributed by atoms with E-state index in [1.165, 1.54) is 31.4 Å². The van der Waals surface area contributed by atoms with E-state index >= 15 is 0 Å². The van der Waals surface area contributed by atoms with E-state index in [0.29, 0.717) is 29.0 Å². The van der Waals surface area contributed by atoms with Crippen LogP contribution < -0.4 is 5.32 Å². The molecule has 1 aliphatic carbocycles. The van der Waals surface area contributed by atoms with Crippen molar-refractivity contribution in [2.24, 2.45) is 11.8 Å². The van der Waals surface area contributed by atoms with E-state index in [1.807, 2.05) is 20.8 Å². The number of dihydropyridines is 1. The van der Waals surface area contributed by atoms with E-state index in [0.717, 1.165) is 0 Å². The molecule has 0 spiro atoms. The zero-order valence-electron chi connectivity index (χ0n) is 19.6. The van der Waals surface area contributed by atoms with Crippen LogP contribution in [-0.4, -0.2) is 44.1 Å². The minimum absolute atomic E-state index is 0.00205. The van der Waals surface area contributed by atoms with E-state index in [9.17, 15) is 18.8 Å². The normalized spacial score (nSPS) is 22.8. The fourth-order valence-electron chi connectivity index (χ4n) is 4.44. The van der Waals surface area contributed by atoms with Crippen molar-refractivity contribution in [3.8, 4) is 0 Å². The number of ketones is 1. The summed E-state index contributed by atoms with van der Waals surface area (Å²) in [5.41, 5.74) is 2.32. The van der Waals surface area contributed by atoms with Gasteiger partial charge in [0.15, 0.2) is 5.78 Å². The fourth-order valence-corrected chi connectivity index (χ4v) is 4.44. The summed E-state index contributed by atoms with van der Waals surface area (Å²) in [7, 11) is 1.24. The molecule has 1 heterocycles. The molecule has 0 radical (unpaired) electrons. The number of methoxy groups -OCH3 is 1. The first-order valence-corrected chi connectivity index (χ1v) is 11.0. The zero-order valence-corrected chi connectivity index (χ0v) is 19.6. The van der Waals surface area contributed by atoms with Crippen LogP contribution in [0.4, 0.5) is 4.39 Å². The molecule has 0 saturated carbocycles. The summed E-state index contributed by atoms with van der Waals surface area (Å²) >= 11 is 0. The summed E-state index contributed by atoms with van der Waals surface area (Å²) in [6.45, 7) is 7.60. The second kappa shape index (κ2) is 10.3. The number of benzene rings is 1. The minimum Gasteiger partial charge on any atom is -0.468 e. The number of halogens is 1. The number of Topliss-reactive ketones (excluding diaryl/α,β-unsaturated/α-hetero) is 1. The molecule has 8 heteroatoms. The van der Waals surface area contributed by atoms with Gasteiger partial charge in [0.1, 0.15) is 18.3 Å². The maximum absolute atomic E-state index is 13.7. The van der Waals surface area contributed by atoms with Crippen molar-refractivity contribution in [1.82, 2.24) is 5.32 Å². The first-order valence-electron chi connectivity index (χ1n) is 11.0. The Morgan fingerprint density at radius 1 is 1.18 bits per heavy atom. The molecule has 1 aromatic rings. The largest absolute Gasteiger partial charge is 0.468 e. The summed E-state index contributed by atoms with van der Waals surface area (Å²) in [5.74, 6) is -4.11. The number of carbonyl (C=O) groups excluding carboxylic acids is 3. The van der Waals surface area contributed by atoms with Gasteiger partial charge >= 0.3 is 11.9 Å². The number of allylic oxidation sites excluding steroid dienone is 3. The van der Waals surface area contributed by atoms with E-state index in [1.54, 1.807) is 6.92 Å². The first kappa shape index (κ1) is 24.6. The monoisotopic (exact) mass is 459 g/mol. The Morgan fingerprint density at radius 3 is 2.45 bits per heavy atom. The molecular formula is C25H30FNO6. The molecule has 0 amide bonds. The standard InChI is InChI=1S/C25H30FNO6/c1-13(2)32-10-11-33-25(30)20-15(4)27-18-12-14(3)19(24(29)31-5)23(28)22(18)21(20)16-6-8-17(26)9-7-16/h6-9,13-14,19,21,27H,10-12H2,1-5H3/t14-,19+,21+/m1/s1. The molecule has 1 aliphatic heterocycles. The minimum atomic E-state index is -0.978. The van der Waals surface area contributed by atoms with Crippen molar-refractivity contribution in [1.29, 1.82) is 0 Å². The molecule has 3 rings (SSSR count). The molecule has 3 atom stereocenters. The highest BCUT2D eigenvalue weighted by molar-refractivity contribution is 6.12. The Labute approximate surface area is 193 Å². The van der Waals surface area contributed by atoms with Crippen LogP contribution in [0, 0.1) is 17.7 Å². The summed E-state index contributed by atoms with van der Waals surface area (Å²) < 4.78 is 29.4. The third-order valence-electron chi connectivity index (χ3n) is 5.93. The van der Waals surface area contributed by atoms with Crippen molar-refractivity contribution in [3.63, 3.8) is 0 Å². The van der Waals surface area contributed by atoms with Crippen LogP contribution in [0.5, 0.6) is 0 Å². The van der Waals surface area contributed by atoms with Crippen LogP contribution in [0.2, 0.25) is 0 Å². The van der Waals surface area contributed by atoms with Crippen molar-refractivity contribution in [2.45, 2.75) is 46.1 Å². The van der Waals surface area contributed by atoms with Crippen LogP contribution in [0.3, 0.4) is 0 Å². The van der Waals surface area contributed by atoms with Crippen molar-refractivity contribution in [2.75, 3.05) is 20.3 Å². The Bertz CT molecular complexity index is 995. The molecule has 1 aromatic carbocycles. The van der Waals surface area contributed by atoms with Gasteiger partial charge in [0.05, 0.1) is 25.4 Å². The van der Waals surface area contributed by atoms with Gasteiger partial charge in [0.2, 0.25) is 0 Å². The van der Waals surface area contributed by atoms with Crippen molar-refractivity contribution in [3.05, 3.63) is 58.2 Å². The van der Waals surface area contributed by atoms with Gasteiger partial charge in [-0.05, 0) is 50.8 Å². The average molecular weight is 460 g/mol. The third kappa shape index (κ3) is 5.16. The van der Waals surface area contributed by atoms with Gasteiger partial charge in [-0.2, -0.15) is 0 Å². The van der Waals surface area contributed by atoms with Crippen LogP contribution in [0.1, 0.15) is 45.6 Å². The fraction of sp³-hybridized carbons (Fsp3) is 0.480. The molecule has 2 aliphatic rings. The Hall–Kier alpha value is -3.00. The molecular weight excluding hydrogens is 429 g/mol. The highest BCUT2D eigenvalue weighted by Gasteiger charge is 2.47. The maximum Gasteiger partial charge on any atom is 0.336 e. The molecule has 0 saturated heterocycles. The molecule has 0 unspecified atom stereocenters. The van der Waals surface area contributed by atoms with Gasteiger partial charge in [-0.15, -0.1) is 0 Å². The summed E-state index contributed by atoms with van der Waals surface area (Å²) in [4.78, 5) is 39.1. The Morgan fingerprint density at radius 2 is 1.85 bits per heavy atom. The summed E-state index contributed by atoms with van der Waals surface area (Å²) in [6, 6.07) is 5.63. The van der Waals surface area contributed by atoms with E-state index < -0.39 is 35.4 Å². The Kier molecular flexibility index (Phi) is 7.68. The van der Waals surface area contributed by atoms with E-state index in [-0.39, 0.29) is 30.8 Å². The predicted molar refractivity (Wildman–Crippen MR) is 118 cm³/mol. The lowest BCUT2D eigenvalue weighted by molar-refractivity contribution is -0.151. The van der Waals surface area contributed by atoms with Gasteiger partial charge in [-0.3, -0.25) is 9.59 Å². The molecule has 0 aromatic heterocycles. The second-order valence-electron chi connectivity index (χ2n) is 8.64. The lowest BCUT2D eigenvalue weighted by Gasteiger charge is -2.38. The number of hydrogen-bond acceptors (Lipinski definition) is 7. The quantitative estimate of drug-likeness (QED) is 0.380. The number of rotatable bonds is 7. The molecule has 0 bridgehead atoms. The second-order valence-corrected chi connectivity index (χ2v) is 8.64. The van der Waals surface area contributed by atoms with Crippen LogP contribution in [-0.2, 0) is 28.6 Å². The third-order valence-corrected chi connectivity index (χ3v) is 5.93. The van der Waals surface area contributed by atoms with Gasteiger partial charge in [0, 0.05) is 22.9 Å². The van der Waals surface area contributed by atoms with Gasteiger partial charge in [-0.25, -0.2) is 9.18 Å². The maximum atomic E-state index is 13.7. The first-order chi connectivity index (χ1) is 15.6. The number of hydrogen-bond donors (Lipinski definition) is 1. The van der Waals surface area contributed by atoms with Crippen LogP contribution >= 0.6 is 0 Å². The van der Waals surface area contributed by atoms with E-state index in [4.69, 9.17) is 14.2 Å². The lowest BCUT2D eigenvalue weighted by atomic mass is 9.69. The molecule has 33 heavy (non-hydrogen) atoms. The predicted octanol–water partition coefficient (Wildman–Crippen LogP) is 3.41. The van der Waals surface area contributed by atoms with E-state index in [2.05, 4.69) is 5.32 Å². The zero-order chi connectivity index (χ0) is 24.3. The summed E-state index contributed by atoms with van der Waals surface area (Å²) in [6.07, 6.45) is 0.429. The topological polar surface area (TPSA) is 90.9 Å². The van der Waals surface area contributed by atoms with Gasteiger partial charge in [0.25, 0.3) is 0 Å². The van der Waals surface area contributed by atoms with Crippen molar-refractivity contribution >= 4 is 17.7 Å². The average Bonchev–Trinajstić information content (AvgIpc) is 2.75. The van der Waals surface area contributed by atoms with Gasteiger partial charge in [-0.1, -0.05) is 19.1 Å².